The standard InChI is InChI=1S/C17H34O6/c1-11(2)7-20-9-13(18)15-16(23-17(5,6)22-15)14(19)10-21-8-12(3)4/h11-16,18-19H,7-10H2,1-6H3/t13-,14-,15-,16-/m1/s1. The van der Waals surface area contributed by atoms with Gasteiger partial charge in [0, 0.05) is 13.2 Å². The second kappa shape index (κ2) is 9.30. The van der Waals surface area contributed by atoms with E-state index in [2.05, 4.69) is 0 Å². The van der Waals surface area contributed by atoms with Crippen LogP contribution in [-0.4, -0.2) is 66.8 Å². The molecule has 0 saturated carbocycles. The zero-order chi connectivity index (χ0) is 17.6. The molecule has 4 atom stereocenters. The Morgan fingerprint density at radius 1 is 0.783 bits per heavy atom. The van der Waals surface area contributed by atoms with Crippen molar-refractivity contribution in [2.24, 2.45) is 11.8 Å². The number of aliphatic hydroxyl groups excluding tert-OH is 2. The third-order valence-corrected chi connectivity index (χ3v) is 3.40. The summed E-state index contributed by atoms with van der Waals surface area (Å²) in [5.74, 6) is -0.0664. The second-order valence-electron chi connectivity index (χ2n) is 7.56. The summed E-state index contributed by atoms with van der Waals surface area (Å²) >= 11 is 0. The molecule has 0 unspecified atom stereocenters. The summed E-state index contributed by atoms with van der Waals surface area (Å²) < 4.78 is 22.5. The third-order valence-electron chi connectivity index (χ3n) is 3.40. The average Bonchev–Trinajstić information content (AvgIpc) is 2.74. The molecule has 1 saturated heterocycles. The Kier molecular flexibility index (Phi) is 8.41. The fourth-order valence-electron chi connectivity index (χ4n) is 2.45. The van der Waals surface area contributed by atoms with E-state index in [1.807, 2.05) is 27.7 Å². The predicted molar refractivity (Wildman–Crippen MR) is 87.2 cm³/mol. The monoisotopic (exact) mass is 334 g/mol. The second-order valence-corrected chi connectivity index (χ2v) is 7.56. The molecular formula is C17H34O6. The summed E-state index contributed by atoms with van der Waals surface area (Å²) in [4.78, 5) is 0. The van der Waals surface area contributed by atoms with Crippen molar-refractivity contribution < 1.29 is 29.2 Å². The topological polar surface area (TPSA) is 77.4 Å². The maximum Gasteiger partial charge on any atom is 0.164 e. The molecule has 2 N–H and O–H groups in total. The zero-order valence-electron chi connectivity index (χ0n) is 15.3. The molecule has 0 aliphatic carbocycles. The lowest BCUT2D eigenvalue weighted by Gasteiger charge is -2.26. The molecule has 0 aromatic carbocycles. The number of hydrogen-bond acceptors (Lipinski definition) is 6. The van der Waals surface area contributed by atoms with E-state index in [0.29, 0.717) is 25.0 Å². The van der Waals surface area contributed by atoms with E-state index < -0.39 is 30.2 Å². The Morgan fingerprint density at radius 3 is 1.43 bits per heavy atom. The quantitative estimate of drug-likeness (QED) is 0.631. The van der Waals surface area contributed by atoms with Gasteiger partial charge in [-0.3, -0.25) is 0 Å². The molecule has 6 nitrogen and oxygen atoms in total. The van der Waals surface area contributed by atoms with Crippen LogP contribution in [0.15, 0.2) is 0 Å². The van der Waals surface area contributed by atoms with Crippen LogP contribution in [0, 0.1) is 11.8 Å². The van der Waals surface area contributed by atoms with E-state index >= 15 is 0 Å². The Hall–Kier alpha value is -0.240. The van der Waals surface area contributed by atoms with Crippen LogP contribution in [0.4, 0.5) is 0 Å². The van der Waals surface area contributed by atoms with Crippen LogP contribution in [0.5, 0.6) is 0 Å². The van der Waals surface area contributed by atoms with E-state index in [9.17, 15) is 10.2 Å². The van der Waals surface area contributed by atoms with E-state index in [0.717, 1.165) is 0 Å². The summed E-state index contributed by atoms with van der Waals surface area (Å²) in [6.45, 7) is 13.2. The first kappa shape index (κ1) is 20.8. The van der Waals surface area contributed by atoms with Gasteiger partial charge in [-0.25, -0.2) is 0 Å². The molecule has 0 bridgehead atoms. The molecular weight excluding hydrogens is 300 g/mol. The first-order chi connectivity index (χ1) is 10.6. The maximum absolute atomic E-state index is 10.3. The van der Waals surface area contributed by atoms with Crippen LogP contribution < -0.4 is 0 Å². The highest BCUT2D eigenvalue weighted by molar-refractivity contribution is 4.90. The van der Waals surface area contributed by atoms with Crippen LogP contribution in [-0.2, 0) is 18.9 Å². The van der Waals surface area contributed by atoms with Crippen molar-refractivity contribution in [3.05, 3.63) is 0 Å². The fraction of sp³-hybridized carbons (Fsp3) is 1.00. The Morgan fingerprint density at radius 2 is 1.13 bits per heavy atom. The highest BCUT2D eigenvalue weighted by Gasteiger charge is 2.48. The van der Waals surface area contributed by atoms with E-state index in [-0.39, 0.29) is 13.2 Å². The van der Waals surface area contributed by atoms with Crippen molar-refractivity contribution in [3.63, 3.8) is 0 Å². The van der Waals surface area contributed by atoms with Gasteiger partial charge in [0.15, 0.2) is 5.79 Å². The van der Waals surface area contributed by atoms with Crippen LogP contribution >= 0.6 is 0 Å². The van der Waals surface area contributed by atoms with Gasteiger partial charge in [0.1, 0.15) is 24.4 Å². The summed E-state index contributed by atoms with van der Waals surface area (Å²) in [5.41, 5.74) is 0. The Balaban J connectivity index is 2.55. The zero-order valence-corrected chi connectivity index (χ0v) is 15.3. The maximum atomic E-state index is 10.3. The summed E-state index contributed by atoms with van der Waals surface area (Å²) in [5, 5.41) is 20.7. The van der Waals surface area contributed by atoms with Gasteiger partial charge in [-0.05, 0) is 25.7 Å². The normalized spacial score (nSPS) is 26.9. The van der Waals surface area contributed by atoms with E-state index in [1.165, 1.54) is 0 Å². The molecule has 0 radical (unpaired) electrons. The van der Waals surface area contributed by atoms with Crippen molar-refractivity contribution in [1.82, 2.24) is 0 Å². The molecule has 1 aliphatic rings. The minimum absolute atomic E-state index is 0.151. The van der Waals surface area contributed by atoms with Crippen LogP contribution in [0.2, 0.25) is 0 Å². The van der Waals surface area contributed by atoms with Crippen molar-refractivity contribution in [3.8, 4) is 0 Å². The number of rotatable bonds is 10. The van der Waals surface area contributed by atoms with Gasteiger partial charge in [-0.15, -0.1) is 0 Å². The summed E-state index contributed by atoms with van der Waals surface area (Å²) in [6.07, 6.45) is -3.01. The highest BCUT2D eigenvalue weighted by Crippen LogP contribution is 2.32. The SMILES string of the molecule is CC(C)COC[C@@H](O)[C@H]1OC(C)(C)O[C@@H]1[C@H](O)COCC(C)C. The van der Waals surface area contributed by atoms with E-state index in [1.54, 1.807) is 13.8 Å². The molecule has 1 aliphatic heterocycles. The van der Waals surface area contributed by atoms with E-state index in [4.69, 9.17) is 18.9 Å². The van der Waals surface area contributed by atoms with Crippen molar-refractivity contribution >= 4 is 0 Å². The largest absolute Gasteiger partial charge is 0.388 e. The van der Waals surface area contributed by atoms with Gasteiger partial charge in [-0.2, -0.15) is 0 Å². The number of hydrogen-bond donors (Lipinski definition) is 2. The smallest absolute Gasteiger partial charge is 0.164 e. The van der Waals surface area contributed by atoms with Crippen molar-refractivity contribution in [2.75, 3.05) is 26.4 Å². The molecule has 138 valence electrons. The molecule has 0 aromatic rings. The van der Waals surface area contributed by atoms with Gasteiger partial charge in [0.2, 0.25) is 0 Å². The lowest BCUT2D eigenvalue weighted by Crippen LogP contribution is -2.46. The third kappa shape index (κ3) is 7.45. The predicted octanol–water partition coefficient (Wildman–Crippen LogP) is 1.57. The van der Waals surface area contributed by atoms with Gasteiger partial charge in [0.05, 0.1) is 13.2 Å². The van der Waals surface area contributed by atoms with Crippen molar-refractivity contribution in [1.29, 1.82) is 0 Å². The molecule has 0 amide bonds. The molecule has 1 rings (SSSR count). The molecule has 1 fully saturated rings. The van der Waals surface area contributed by atoms with Crippen LogP contribution in [0.1, 0.15) is 41.5 Å². The Labute approximate surface area is 140 Å². The highest BCUT2D eigenvalue weighted by atomic mass is 16.8. The molecule has 0 aromatic heterocycles. The first-order valence-corrected chi connectivity index (χ1v) is 8.49. The van der Waals surface area contributed by atoms with Gasteiger partial charge in [0.25, 0.3) is 0 Å². The minimum atomic E-state index is -0.861. The van der Waals surface area contributed by atoms with Crippen molar-refractivity contribution in [2.45, 2.75) is 71.7 Å². The first-order valence-electron chi connectivity index (χ1n) is 8.49. The Bertz CT molecular complexity index is 301. The summed E-state index contributed by atoms with van der Waals surface area (Å²) in [6, 6.07) is 0. The lowest BCUT2D eigenvalue weighted by molar-refractivity contribution is -0.165. The molecule has 6 heteroatoms. The lowest BCUT2D eigenvalue weighted by atomic mass is 10.0. The van der Waals surface area contributed by atoms with Crippen LogP contribution in [0.25, 0.3) is 0 Å². The minimum Gasteiger partial charge on any atom is -0.388 e. The number of ether oxygens (including phenoxy) is 4. The van der Waals surface area contributed by atoms with Gasteiger partial charge >= 0.3 is 0 Å². The molecule has 0 spiro atoms. The van der Waals surface area contributed by atoms with Gasteiger partial charge in [-0.1, -0.05) is 27.7 Å². The van der Waals surface area contributed by atoms with Crippen LogP contribution in [0.3, 0.4) is 0 Å². The van der Waals surface area contributed by atoms with Gasteiger partial charge < -0.3 is 29.2 Å². The molecule has 23 heavy (non-hydrogen) atoms. The molecule has 1 heterocycles. The number of aliphatic hydroxyl groups is 2. The summed E-state index contributed by atoms with van der Waals surface area (Å²) in [7, 11) is 0. The fourth-order valence-corrected chi connectivity index (χ4v) is 2.45. The average molecular weight is 334 g/mol.